The van der Waals surface area contributed by atoms with Crippen LogP contribution < -0.4 is 0 Å². The van der Waals surface area contributed by atoms with E-state index >= 15 is 0 Å². The number of hydrogen-bond acceptors (Lipinski definition) is 2. The molecule has 2 nitrogen and oxygen atoms in total. The zero-order valence-corrected chi connectivity index (χ0v) is 5.62. The molecular weight excluding hydrogens is 126 g/mol. The van der Waals surface area contributed by atoms with Crippen LogP contribution in [0.4, 0.5) is 0 Å². The number of nitrogens with zero attached hydrogens (tertiary/aromatic N) is 1. The molecule has 0 heterocycles. The molecule has 2 unspecified atom stereocenters. The molecule has 0 aliphatic heterocycles. The zero-order valence-electron chi connectivity index (χ0n) is 5.62. The number of nitriles is 1. The molecule has 0 amide bonds. The second-order valence-electron chi connectivity index (χ2n) is 3.11. The molecule has 0 spiro atoms. The van der Waals surface area contributed by atoms with Gasteiger partial charge in [0.05, 0.1) is 6.07 Å². The third-order valence-corrected chi connectivity index (χ3v) is 2.67. The van der Waals surface area contributed by atoms with Gasteiger partial charge in [-0.3, -0.25) is 0 Å². The summed E-state index contributed by atoms with van der Waals surface area (Å²) in [5, 5.41) is 18.3. The minimum atomic E-state index is -1.04. The van der Waals surface area contributed by atoms with E-state index in [1.165, 1.54) is 0 Å². The summed E-state index contributed by atoms with van der Waals surface area (Å²) in [6.07, 6.45) is 5.89. The van der Waals surface area contributed by atoms with Crippen LogP contribution in [0.2, 0.25) is 0 Å². The van der Waals surface area contributed by atoms with Crippen molar-refractivity contribution in [3.05, 3.63) is 12.2 Å². The van der Waals surface area contributed by atoms with Crippen molar-refractivity contribution in [1.29, 1.82) is 5.26 Å². The zero-order chi connectivity index (χ0) is 7.19. The highest BCUT2D eigenvalue weighted by Gasteiger charge is 2.50. The van der Waals surface area contributed by atoms with Crippen molar-refractivity contribution in [2.24, 2.45) is 11.8 Å². The maximum Gasteiger partial charge on any atom is 0.163 e. The van der Waals surface area contributed by atoms with Crippen LogP contribution in [0, 0.1) is 23.2 Å². The minimum Gasteiger partial charge on any atom is -0.374 e. The predicted molar refractivity (Wildman–Crippen MR) is 35.9 cm³/mol. The fraction of sp³-hybridized carbons (Fsp3) is 0.625. The lowest BCUT2D eigenvalue weighted by molar-refractivity contribution is 0.0611. The van der Waals surface area contributed by atoms with Crippen LogP contribution in [-0.4, -0.2) is 10.7 Å². The van der Waals surface area contributed by atoms with Gasteiger partial charge in [-0.05, 0) is 12.8 Å². The molecule has 10 heavy (non-hydrogen) atoms. The Morgan fingerprint density at radius 1 is 1.40 bits per heavy atom. The van der Waals surface area contributed by atoms with Crippen molar-refractivity contribution in [1.82, 2.24) is 0 Å². The molecule has 1 saturated carbocycles. The Labute approximate surface area is 59.8 Å². The number of hydrogen-bond donors (Lipinski definition) is 1. The standard InChI is InChI=1S/C8H9NO/c9-5-8(10)6-1-2-7(8)4-3-6/h1-2,6-7,10H,3-4H2. The van der Waals surface area contributed by atoms with Crippen LogP contribution in [-0.2, 0) is 0 Å². The molecule has 52 valence electrons. The Hall–Kier alpha value is -0.810. The van der Waals surface area contributed by atoms with Crippen LogP contribution in [0.15, 0.2) is 12.2 Å². The summed E-state index contributed by atoms with van der Waals surface area (Å²) in [4.78, 5) is 0. The lowest BCUT2D eigenvalue weighted by Crippen LogP contribution is -2.32. The summed E-state index contributed by atoms with van der Waals surface area (Å²) >= 11 is 0. The van der Waals surface area contributed by atoms with E-state index in [-0.39, 0.29) is 11.8 Å². The summed E-state index contributed by atoms with van der Waals surface area (Å²) in [5.41, 5.74) is -1.04. The van der Waals surface area contributed by atoms with E-state index in [1.54, 1.807) is 0 Å². The van der Waals surface area contributed by atoms with Gasteiger partial charge in [-0.15, -0.1) is 0 Å². The summed E-state index contributed by atoms with van der Waals surface area (Å²) < 4.78 is 0. The molecule has 0 aromatic carbocycles. The van der Waals surface area contributed by atoms with Gasteiger partial charge in [-0.2, -0.15) is 5.26 Å². The quantitative estimate of drug-likeness (QED) is 0.395. The van der Waals surface area contributed by atoms with Crippen molar-refractivity contribution in [3.63, 3.8) is 0 Å². The maximum absolute atomic E-state index is 9.68. The van der Waals surface area contributed by atoms with Crippen LogP contribution in [0.1, 0.15) is 12.8 Å². The van der Waals surface area contributed by atoms with Crippen LogP contribution in [0.5, 0.6) is 0 Å². The van der Waals surface area contributed by atoms with Gasteiger partial charge in [-0.1, -0.05) is 12.2 Å². The molecule has 0 radical (unpaired) electrons. The largest absolute Gasteiger partial charge is 0.374 e. The van der Waals surface area contributed by atoms with Gasteiger partial charge in [0.2, 0.25) is 0 Å². The van der Waals surface area contributed by atoms with E-state index in [9.17, 15) is 5.11 Å². The van der Waals surface area contributed by atoms with Crippen LogP contribution in [0.3, 0.4) is 0 Å². The summed E-state index contributed by atoms with van der Waals surface area (Å²) in [5.74, 6) is 0.227. The first-order valence-corrected chi connectivity index (χ1v) is 3.59. The smallest absolute Gasteiger partial charge is 0.163 e. The van der Waals surface area contributed by atoms with E-state index in [2.05, 4.69) is 0 Å². The van der Waals surface area contributed by atoms with Gasteiger partial charge < -0.3 is 5.11 Å². The molecule has 2 aliphatic rings. The second kappa shape index (κ2) is 1.62. The molecule has 2 atom stereocenters. The van der Waals surface area contributed by atoms with Gasteiger partial charge in [0, 0.05) is 11.8 Å². The van der Waals surface area contributed by atoms with Crippen LogP contribution >= 0.6 is 0 Å². The second-order valence-corrected chi connectivity index (χ2v) is 3.11. The van der Waals surface area contributed by atoms with Crippen molar-refractivity contribution in [2.45, 2.75) is 18.4 Å². The Bertz CT molecular complexity index is 212. The topological polar surface area (TPSA) is 44.0 Å². The Morgan fingerprint density at radius 2 is 1.90 bits per heavy atom. The summed E-state index contributed by atoms with van der Waals surface area (Å²) in [6.45, 7) is 0. The average molecular weight is 135 g/mol. The lowest BCUT2D eigenvalue weighted by Gasteiger charge is -2.18. The Kier molecular flexibility index (Phi) is 0.959. The highest BCUT2D eigenvalue weighted by Crippen LogP contribution is 2.46. The first kappa shape index (κ1) is 5.94. The third kappa shape index (κ3) is 0.471. The average Bonchev–Trinajstić information content (AvgIpc) is 2.46. The third-order valence-electron chi connectivity index (χ3n) is 2.67. The molecule has 0 aromatic rings. The van der Waals surface area contributed by atoms with Gasteiger partial charge in [0.25, 0.3) is 0 Å². The highest BCUT2D eigenvalue weighted by molar-refractivity contribution is 5.27. The van der Waals surface area contributed by atoms with Gasteiger partial charge in [0.15, 0.2) is 5.60 Å². The van der Waals surface area contributed by atoms with Crippen molar-refractivity contribution < 1.29 is 5.11 Å². The highest BCUT2D eigenvalue weighted by atomic mass is 16.3. The molecular formula is C8H9NO. The number of fused-ring (bicyclic) bond motifs is 2. The predicted octanol–water partition coefficient (Wildman–Crippen LogP) is 0.837. The fourth-order valence-corrected chi connectivity index (χ4v) is 1.99. The van der Waals surface area contributed by atoms with Gasteiger partial charge in [0.1, 0.15) is 0 Å². The minimum absolute atomic E-state index is 0.113. The molecule has 1 fully saturated rings. The summed E-state index contributed by atoms with van der Waals surface area (Å²) in [7, 11) is 0. The first-order chi connectivity index (χ1) is 4.77. The molecule has 2 rings (SSSR count). The first-order valence-electron chi connectivity index (χ1n) is 3.59. The van der Waals surface area contributed by atoms with Crippen LogP contribution in [0.25, 0.3) is 0 Å². The Morgan fingerprint density at radius 3 is 2.10 bits per heavy atom. The monoisotopic (exact) mass is 135 g/mol. The SMILES string of the molecule is N#CC1(O)C2C=CC1CC2. The summed E-state index contributed by atoms with van der Waals surface area (Å²) in [6, 6.07) is 2.00. The van der Waals surface area contributed by atoms with Crippen molar-refractivity contribution >= 4 is 0 Å². The molecule has 2 aliphatic carbocycles. The molecule has 2 bridgehead atoms. The van der Waals surface area contributed by atoms with Crippen molar-refractivity contribution in [2.75, 3.05) is 0 Å². The van der Waals surface area contributed by atoms with E-state index in [4.69, 9.17) is 5.26 Å². The molecule has 1 N–H and O–H groups in total. The lowest BCUT2D eigenvalue weighted by atomic mass is 9.93. The van der Waals surface area contributed by atoms with Gasteiger partial charge >= 0.3 is 0 Å². The molecule has 2 heteroatoms. The van der Waals surface area contributed by atoms with E-state index in [1.807, 2.05) is 18.2 Å². The Balaban J connectivity index is 2.39. The normalized spacial score (nSPS) is 49.6. The number of aliphatic hydroxyl groups is 1. The van der Waals surface area contributed by atoms with Crippen molar-refractivity contribution in [3.8, 4) is 6.07 Å². The van der Waals surface area contributed by atoms with E-state index in [0.717, 1.165) is 12.8 Å². The molecule has 0 saturated heterocycles. The van der Waals surface area contributed by atoms with E-state index < -0.39 is 5.60 Å². The van der Waals surface area contributed by atoms with Gasteiger partial charge in [-0.25, -0.2) is 0 Å². The maximum atomic E-state index is 9.68. The molecule has 0 aromatic heterocycles. The number of rotatable bonds is 0. The fourth-order valence-electron chi connectivity index (χ4n) is 1.99. The van der Waals surface area contributed by atoms with E-state index in [0.29, 0.717) is 0 Å².